The number of carbonyl (C=O) groups excluding carboxylic acids is 2. The Hall–Kier alpha value is -2.49. The number of rotatable bonds is 6. The van der Waals surface area contributed by atoms with E-state index in [1.807, 2.05) is 40.8 Å². The maximum Gasteiger partial charge on any atom is 0.248 e. The highest BCUT2D eigenvalue weighted by molar-refractivity contribution is 5.79. The summed E-state index contributed by atoms with van der Waals surface area (Å²) in [5.41, 5.74) is 1.92. The molecule has 2 fully saturated rings. The van der Waals surface area contributed by atoms with Crippen LogP contribution >= 0.6 is 0 Å². The van der Waals surface area contributed by atoms with Gasteiger partial charge in [0.1, 0.15) is 19.0 Å². The molecule has 9 heteroatoms. The van der Waals surface area contributed by atoms with E-state index in [9.17, 15) is 14.7 Å². The molecule has 0 bridgehead atoms. The van der Waals surface area contributed by atoms with Crippen molar-refractivity contribution < 1.29 is 19.4 Å². The number of aliphatic hydroxyl groups excluding tert-OH is 1. The van der Waals surface area contributed by atoms with Gasteiger partial charge in [0.15, 0.2) is 0 Å². The number of amides is 2. The van der Waals surface area contributed by atoms with Gasteiger partial charge in [-0.2, -0.15) is 0 Å². The largest absolute Gasteiger partial charge is 0.389 e. The van der Waals surface area contributed by atoms with Gasteiger partial charge in [-0.25, -0.2) is 4.98 Å². The Balaban J connectivity index is 1.32. The van der Waals surface area contributed by atoms with Crippen molar-refractivity contribution in [3.8, 4) is 0 Å². The van der Waals surface area contributed by atoms with Crippen LogP contribution in [-0.4, -0.2) is 87.7 Å². The molecule has 2 N–H and O–H groups in total. The second kappa shape index (κ2) is 9.33. The number of imidazole rings is 1. The molecule has 1 saturated carbocycles. The molecule has 1 aliphatic heterocycles. The summed E-state index contributed by atoms with van der Waals surface area (Å²) in [6.45, 7) is 1.78. The first kappa shape index (κ1) is 21.7. The molecule has 1 aromatic carbocycles. The summed E-state index contributed by atoms with van der Waals surface area (Å²) in [5, 5.41) is 13.8. The molecule has 0 unspecified atom stereocenters. The minimum Gasteiger partial charge on any atom is -0.389 e. The topological polar surface area (TPSA) is 99.9 Å². The maximum atomic E-state index is 12.8. The SMILES string of the molecule is CN(C(=O)COCc1nc2ccccc2n1C)[C@@H]1CCC[C@@H](N2CCNC(=O)C2)[C@@H]1O. The van der Waals surface area contributed by atoms with Crippen LogP contribution in [0.2, 0.25) is 0 Å². The van der Waals surface area contributed by atoms with Crippen LogP contribution in [-0.2, 0) is 28.0 Å². The van der Waals surface area contributed by atoms with Crippen molar-refractivity contribution in [3.05, 3.63) is 30.1 Å². The molecular weight excluding hydrogens is 398 g/mol. The van der Waals surface area contributed by atoms with E-state index in [2.05, 4.69) is 10.3 Å². The lowest BCUT2D eigenvalue weighted by atomic mass is 9.86. The number of hydrogen-bond acceptors (Lipinski definition) is 6. The first-order chi connectivity index (χ1) is 15.0. The zero-order valence-corrected chi connectivity index (χ0v) is 18.2. The number of hydrogen-bond donors (Lipinski definition) is 2. The third kappa shape index (κ3) is 4.58. The molecule has 31 heavy (non-hydrogen) atoms. The molecule has 1 aromatic heterocycles. The number of likely N-dealkylation sites (N-methyl/N-ethyl adjacent to an activating group) is 1. The lowest BCUT2D eigenvalue weighted by Crippen LogP contribution is -2.61. The van der Waals surface area contributed by atoms with Crippen LogP contribution in [0.1, 0.15) is 25.1 Å². The molecule has 2 aliphatic rings. The summed E-state index contributed by atoms with van der Waals surface area (Å²) in [5.74, 6) is 0.581. The van der Waals surface area contributed by atoms with Gasteiger partial charge >= 0.3 is 0 Å². The lowest BCUT2D eigenvalue weighted by molar-refractivity contribution is -0.144. The van der Waals surface area contributed by atoms with Gasteiger partial charge in [-0.1, -0.05) is 12.1 Å². The number of nitrogens with one attached hydrogen (secondary N) is 1. The summed E-state index contributed by atoms with van der Waals surface area (Å²) in [6.07, 6.45) is 1.79. The standard InChI is InChI=1S/C22H31N5O4/c1-25-16-7-4-3-6-15(16)24-19(25)13-31-14-21(29)26(2)17-8-5-9-18(22(17)30)27-11-10-23-20(28)12-27/h3-4,6-7,17-18,22,30H,5,8-14H2,1-2H3,(H,23,28)/t17-,18-,22-/m1/s1. The van der Waals surface area contributed by atoms with Crippen LogP contribution in [0.5, 0.6) is 0 Å². The van der Waals surface area contributed by atoms with Crippen molar-refractivity contribution in [1.82, 2.24) is 24.7 Å². The predicted octanol–water partition coefficient (Wildman–Crippen LogP) is 0.262. The van der Waals surface area contributed by atoms with Crippen molar-refractivity contribution in [2.75, 3.05) is 33.3 Å². The summed E-state index contributed by atoms with van der Waals surface area (Å²) >= 11 is 0. The first-order valence-corrected chi connectivity index (χ1v) is 10.9. The minimum atomic E-state index is -0.687. The normalized spacial score (nSPS) is 24.9. The number of aliphatic hydroxyl groups is 1. The van der Waals surface area contributed by atoms with E-state index in [0.717, 1.165) is 42.7 Å². The Kier molecular flexibility index (Phi) is 6.54. The molecule has 2 heterocycles. The molecule has 1 saturated heterocycles. The summed E-state index contributed by atoms with van der Waals surface area (Å²) in [4.78, 5) is 32.7. The Morgan fingerprint density at radius 1 is 1.35 bits per heavy atom. The fraction of sp³-hybridized carbons (Fsp3) is 0.591. The zero-order chi connectivity index (χ0) is 22.0. The van der Waals surface area contributed by atoms with Gasteiger partial charge in [0.25, 0.3) is 0 Å². The molecule has 9 nitrogen and oxygen atoms in total. The van der Waals surface area contributed by atoms with Crippen LogP contribution < -0.4 is 5.32 Å². The van der Waals surface area contributed by atoms with Crippen molar-refractivity contribution in [2.24, 2.45) is 7.05 Å². The van der Waals surface area contributed by atoms with Gasteiger partial charge in [-0.05, 0) is 31.4 Å². The number of fused-ring (bicyclic) bond motifs is 1. The molecule has 0 radical (unpaired) electrons. The summed E-state index contributed by atoms with van der Waals surface area (Å²) < 4.78 is 7.64. The average molecular weight is 430 g/mol. The summed E-state index contributed by atoms with van der Waals surface area (Å²) in [6, 6.07) is 7.46. The number of para-hydroxylation sites is 2. The predicted molar refractivity (Wildman–Crippen MR) is 115 cm³/mol. The quantitative estimate of drug-likeness (QED) is 0.684. The Labute approximate surface area is 182 Å². The van der Waals surface area contributed by atoms with E-state index in [-0.39, 0.29) is 37.1 Å². The molecule has 1 aliphatic carbocycles. The smallest absolute Gasteiger partial charge is 0.248 e. The van der Waals surface area contributed by atoms with E-state index in [4.69, 9.17) is 4.74 Å². The maximum absolute atomic E-state index is 12.8. The number of nitrogens with zero attached hydrogens (tertiary/aromatic N) is 4. The first-order valence-electron chi connectivity index (χ1n) is 10.9. The van der Waals surface area contributed by atoms with Crippen molar-refractivity contribution in [1.29, 1.82) is 0 Å². The van der Waals surface area contributed by atoms with E-state index < -0.39 is 6.10 Å². The van der Waals surface area contributed by atoms with Gasteiger partial charge in [-0.3, -0.25) is 14.5 Å². The number of piperazine rings is 1. The van der Waals surface area contributed by atoms with Crippen molar-refractivity contribution in [2.45, 2.75) is 44.1 Å². The Morgan fingerprint density at radius 2 is 2.16 bits per heavy atom. The van der Waals surface area contributed by atoms with Crippen LogP contribution in [0.25, 0.3) is 11.0 Å². The van der Waals surface area contributed by atoms with Crippen LogP contribution in [0.3, 0.4) is 0 Å². The number of ether oxygens (including phenoxy) is 1. The highest BCUT2D eigenvalue weighted by atomic mass is 16.5. The average Bonchev–Trinajstić information content (AvgIpc) is 3.09. The molecule has 2 aromatic rings. The number of carbonyl (C=O) groups is 2. The highest BCUT2D eigenvalue weighted by Crippen LogP contribution is 2.27. The molecule has 0 spiro atoms. The van der Waals surface area contributed by atoms with E-state index in [1.165, 1.54) is 0 Å². The third-order valence-electron chi connectivity index (χ3n) is 6.55. The monoisotopic (exact) mass is 429 g/mol. The van der Waals surface area contributed by atoms with E-state index in [1.54, 1.807) is 11.9 Å². The molecule has 3 atom stereocenters. The van der Waals surface area contributed by atoms with Gasteiger partial charge in [0.05, 0.1) is 29.7 Å². The van der Waals surface area contributed by atoms with Crippen LogP contribution in [0.15, 0.2) is 24.3 Å². The zero-order valence-electron chi connectivity index (χ0n) is 18.2. The number of aryl methyl sites for hydroxylation is 1. The fourth-order valence-electron chi connectivity index (χ4n) is 4.74. The molecule has 2 amide bonds. The Bertz CT molecular complexity index is 945. The second-order valence-electron chi connectivity index (χ2n) is 8.45. The highest BCUT2D eigenvalue weighted by Gasteiger charge is 2.39. The molecule has 168 valence electrons. The molecular formula is C22H31N5O4. The van der Waals surface area contributed by atoms with Gasteiger partial charge in [0.2, 0.25) is 11.8 Å². The minimum absolute atomic E-state index is 0.0136. The van der Waals surface area contributed by atoms with Crippen LogP contribution in [0.4, 0.5) is 0 Å². The van der Waals surface area contributed by atoms with E-state index >= 15 is 0 Å². The lowest BCUT2D eigenvalue weighted by Gasteiger charge is -2.45. The van der Waals surface area contributed by atoms with Gasteiger partial charge < -0.3 is 24.6 Å². The van der Waals surface area contributed by atoms with Gasteiger partial charge in [-0.15, -0.1) is 0 Å². The Morgan fingerprint density at radius 3 is 2.94 bits per heavy atom. The van der Waals surface area contributed by atoms with E-state index in [0.29, 0.717) is 13.1 Å². The van der Waals surface area contributed by atoms with Crippen molar-refractivity contribution >= 4 is 22.8 Å². The van der Waals surface area contributed by atoms with Gasteiger partial charge in [0, 0.05) is 33.2 Å². The summed E-state index contributed by atoms with van der Waals surface area (Å²) in [7, 11) is 3.65. The van der Waals surface area contributed by atoms with Crippen LogP contribution in [0, 0.1) is 0 Å². The van der Waals surface area contributed by atoms with Crippen molar-refractivity contribution in [3.63, 3.8) is 0 Å². The third-order valence-corrected chi connectivity index (χ3v) is 6.55. The molecule has 4 rings (SSSR count). The number of benzene rings is 1. The fourth-order valence-corrected chi connectivity index (χ4v) is 4.74. The number of aromatic nitrogens is 2. The second-order valence-corrected chi connectivity index (χ2v) is 8.45.